The fourth-order valence-corrected chi connectivity index (χ4v) is 2.91. The number of rotatable bonds is 7. The second-order valence-electron chi connectivity index (χ2n) is 6.36. The molecule has 3 rings (SSSR count). The van der Waals surface area contributed by atoms with Crippen LogP contribution in [0.1, 0.15) is 16.7 Å². The highest BCUT2D eigenvalue weighted by Gasteiger charge is 2.03. The molecule has 0 saturated heterocycles. The average Bonchev–Trinajstić information content (AvgIpc) is 3.08. The number of fused-ring (bicyclic) bond motifs is 1. The number of benzene rings is 2. The van der Waals surface area contributed by atoms with Crippen LogP contribution in [0.3, 0.4) is 0 Å². The van der Waals surface area contributed by atoms with Gasteiger partial charge in [0.25, 0.3) is 0 Å². The number of aromatic nitrogens is 1. The van der Waals surface area contributed by atoms with Crippen molar-refractivity contribution in [1.29, 1.82) is 5.26 Å². The van der Waals surface area contributed by atoms with E-state index in [2.05, 4.69) is 11.4 Å². The summed E-state index contributed by atoms with van der Waals surface area (Å²) in [5.74, 6) is -1.08. The number of nitrogens with zero attached hydrogens (tertiary/aromatic N) is 2. The van der Waals surface area contributed by atoms with Crippen LogP contribution in [0.25, 0.3) is 17.0 Å². The molecule has 0 aliphatic rings. The Morgan fingerprint density at radius 3 is 2.57 bits per heavy atom. The summed E-state index contributed by atoms with van der Waals surface area (Å²) in [4.78, 5) is 22.7. The van der Waals surface area contributed by atoms with Gasteiger partial charge in [-0.15, -0.1) is 0 Å². The molecule has 0 spiro atoms. The summed E-state index contributed by atoms with van der Waals surface area (Å²) in [6.07, 6.45) is 5.08. The quantitative estimate of drug-likeness (QED) is 0.622. The van der Waals surface area contributed by atoms with E-state index < -0.39 is 5.97 Å². The number of carboxylic acids is 1. The summed E-state index contributed by atoms with van der Waals surface area (Å²) in [5, 5.41) is 21.4. The number of carbonyl (C=O) groups excluding carboxylic acids is 1. The lowest BCUT2D eigenvalue weighted by molar-refractivity contribution is -0.136. The molecular weight excluding hydrogens is 354 g/mol. The number of aliphatic carboxylic acids is 1. The summed E-state index contributed by atoms with van der Waals surface area (Å²) < 4.78 is 1.87. The Hall–Kier alpha value is -3.85. The Morgan fingerprint density at radius 1 is 1.11 bits per heavy atom. The standard InChI is InChI=1S/C22H19N3O3/c23-10-12-25-11-9-19-13-16(5-7-20(19)25)6-8-21(26)24-15-18-3-1-17(2-4-18)14-22(27)28/h1-9,11,13H,12,14-15H2,(H,24,26)(H,27,28)/b8-6+. The van der Waals surface area contributed by atoms with E-state index in [9.17, 15) is 9.59 Å². The van der Waals surface area contributed by atoms with E-state index in [1.165, 1.54) is 6.08 Å². The molecule has 0 aliphatic carbocycles. The molecule has 0 aliphatic heterocycles. The second-order valence-corrected chi connectivity index (χ2v) is 6.36. The van der Waals surface area contributed by atoms with Crippen LogP contribution in [0.4, 0.5) is 0 Å². The van der Waals surface area contributed by atoms with E-state index in [0.29, 0.717) is 13.1 Å². The van der Waals surface area contributed by atoms with Crippen LogP contribution >= 0.6 is 0 Å². The number of carboxylic acid groups (broad SMARTS) is 1. The molecule has 0 unspecified atom stereocenters. The van der Waals surface area contributed by atoms with E-state index in [-0.39, 0.29) is 12.3 Å². The summed E-state index contributed by atoms with van der Waals surface area (Å²) >= 11 is 0. The molecular formula is C22H19N3O3. The van der Waals surface area contributed by atoms with Crippen molar-refractivity contribution >= 4 is 28.9 Å². The smallest absolute Gasteiger partial charge is 0.307 e. The molecule has 0 bridgehead atoms. The predicted octanol–water partition coefficient (Wildman–Crippen LogP) is 3.12. The van der Waals surface area contributed by atoms with Gasteiger partial charge >= 0.3 is 5.97 Å². The van der Waals surface area contributed by atoms with Crippen LogP contribution in [0.5, 0.6) is 0 Å². The first-order valence-corrected chi connectivity index (χ1v) is 8.76. The normalized spacial score (nSPS) is 10.8. The highest BCUT2D eigenvalue weighted by atomic mass is 16.4. The van der Waals surface area contributed by atoms with E-state index in [1.54, 1.807) is 18.2 Å². The molecule has 3 aromatic rings. The molecule has 1 aromatic heterocycles. The topological polar surface area (TPSA) is 95.1 Å². The van der Waals surface area contributed by atoms with Crippen molar-refractivity contribution in [2.75, 3.05) is 0 Å². The summed E-state index contributed by atoms with van der Waals surface area (Å²) in [7, 11) is 0. The Kier molecular flexibility index (Phi) is 5.87. The SMILES string of the molecule is N#CCn1ccc2cc(/C=C/C(=O)NCc3ccc(CC(=O)O)cc3)ccc21. The first kappa shape index (κ1) is 18.9. The van der Waals surface area contributed by atoms with Crippen LogP contribution < -0.4 is 5.32 Å². The minimum Gasteiger partial charge on any atom is -0.481 e. The van der Waals surface area contributed by atoms with E-state index in [4.69, 9.17) is 10.4 Å². The third-order valence-electron chi connectivity index (χ3n) is 4.31. The van der Waals surface area contributed by atoms with Crippen molar-refractivity contribution in [3.8, 4) is 6.07 Å². The maximum absolute atomic E-state index is 12.0. The van der Waals surface area contributed by atoms with Crippen molar-refractivity contribution in [2.24, 2.45) is 0 Å². The van der Waals surface area contributed by atoms with Crippen LogP contribution in [-0.4, -0.2) is 21.6 Å². The summed E-state index contributed by atoms with van der Waals surface area (Å²) in [6, 6.07) is 17.0. The van der Waals surface area contributed by atoms with Crippen LogP contribution in [0.2, 0.25) is 0 Å². The predicted molar refractivity (Wildman–Crippen MR) is 106 cm³/mol. The van der Waals surface area contributed by atoms with Gasteiger partial charge in [-0.05, 0) is 41.0 Å². The second kappa shape index (κ2) is 8.69. The van der Waals surface area contributed by atoms with Crippen molar-refractivity contribution in [2.45, 2.75) is 19.5 Å². The monoisotopic (exact) mass is 373 g/mol. The molecule has 6 nitrogen and oxygen atoms in total. The molecule has 1 heterocycles. The molecule has 1 amide bonds. The summed E-state index contributed by atoms with van der Waals surface area (Å²) in [6.45, 7) is 0.672. The zero-order valence-electron chi connectivity index (χ0n) is 15.1. The number of hydrogen-bond acceptors (Lipinski definition) is 3. The largest absolute Gasteiger partial charge is 0.481 e. The van der Waals surface area contributed by atoms with E-state index in [1.807, 2.05) is 47.2 Å². The fraction of sp³-hybridized carbons (Fsp3) is 0.136. The number of hydrogen-bond donors (Lipinski definition) is 2. The lowest BCUT2D eigenvalue weighted by atomic mass is 10.1. The van der Waals surface area contributed by atoms with Gasteiger partial charge in [0, 0.05) is 29.7 Å². The van der Waals surface area contributed by atoms with Crippen molar-refractivity contribution < 1.29 is 14.7 Å². The van der Waals surface area contributed by atoms with Crippen LogP contribution in [0, 0.1) is 11.3 Å². The van der Waals surface area contributed by atoms with Gasteiger partial charge in [-0.25, -0.2) is 0 Å². The molecule has 2 N–H and O–H groups in total. The number of nitrogens with one attached hydrogen (secondary N) is 1. The summed E-state index contributed by atoms with van der Waals surface area (Å²) in [5.41, 5.74) is 3.50. The van der Waals surface area contributed by atoms with Gasteiger partial charge in [0.05, 0.1) is 12.5 Å². The molecule has 0 radical (unpaired) electrons. The minimum atomic E-state index is -0.869. The molecule has 0 saturated carbocycles. The van der Waals surface area contributed by atoms with E-state index in [0.717, 1.165) is 27.6 Å². The average molecular weight is 373 g/mol. The van der Waals surface area contributed by atoms with E-state index >= 15 is 0 Å². The Balaban J connectivity index is 1.57. The molecule has 0 atom stereocenters. The maximum atomic E-state index is 12.0. The number of nitriles is 1. The lowest BCUT2D eigenvalue weighted by Crippen LogP contribution is -2.20. The lowest BCUT2D eigenvalue weighted by Gasteiger charge is -2.04. The Labute approximate surface area is 162 Å². The number of amides is 1. The fourth-order valence-electron chi connectivity index (χ4n) is 2.91. The first-order chi connectivity index (χ1) is 13.5. The zero-order valence-corrected chi connectivity index (χ0v) is 15.1. The van der Waals surface area contributed by atoms with Gasteiger partial charge in [-0.3, -0.25) is 9.59 Å². The van der Waals surface area contributed by atoms with Gasteiger partial charge in [-0.1, -0.05) is 30.3 Å². The number of carbonyl (C=O) groups is 2. The Morgan fingerprint density at radius 2 is 1.86 bits per heavy atom. The maximum Gasteiger partial charge on any atom is 0.307 e. The minimum absolute atomic E-state index is 0.0143. The Bertz CT molecular complexity index is 1070. The van der Waals surface area contributed by atoms with Gasteiger partial charge < -0.3 is 15.0 Å². The van der Waals surface area contributed by atoms with Crippen LogP contribution in [0.15, 0.2) is 60.8 Å². The molecule has 0 fully saturated rings. The third kappa shape index (κ3) is 4.86. The molecule has 28 heavy (non-hydrogen) atoms. The molecule has 140 valence electrons. The third-order valence-corrected chi connectivity index (χ3v) is 4.31. The van der Waals surface area contributed by atoms with Crippen molar-refractivity contribution in [3.05, 3.63) is 77.5 Å². The van der Waals surface area contributed by atoms with Gasteiger partial charge in [0.2, 0.25) is 5.91 Å². The van der Waals surface area contributed by atoms with Crippen molar-refractivity contribution in [1.82, 2.24) is 9.88 Å². The van der Waals surface area contributed by atoms with Gasteiger partial charge in [0.1, 0.15) is 6.54 Å². The molecule has 2 aromatic carbocycles. The molecule has 6 heteroatoms. The zero-order chi connectivity index (χ0) is 19.9. The van der Waals surface area contributed by atoms with Crippen LogP contribution in [-0.2, 0) is 29.1 Å². The highest BCUT2D eigenvalue weighted by molar-refractivity contribution is 5.92. The first-order valence-electron chi connectivity index (χ1n) is 8.76. The van der Waals surface area contributed by atoms with Gasteiger partial charge in [-0.2, -0.15) is 5.26 Å². The van der Waals surface area contributed by atoms with Crippen molar-refractivity contribution in [3.63, 3.8) is 0 Å². The van der Waals surface area contributed by atoms with Gasteiger partial charge in [0.15, 0.2) is 0 Å². The highest BCUT2D eigenvalue weighted by Crippen LogP contribution is 2.18.